The highest BCUT2D eigenvalue weighted by Gasteiger charge is 2.22. The van der Waals surface area contributed by atoms with E-state index < -0.39 is 0 Å². The first kappa shape index (κ1) is 13.6. The first-order chi connectivity index (χ1) is 8.66. The monoisotopic (exact) mass is 266 g/mol. The largest absolute Gasteiger partial charge is 0.348 e. The van der Waals surface area contributed by atoms with Crippen LogP contribution < -0.4 is 10.6 Å². The highest BCUT2D eigenvalue weighted by atomic mass is 32.1. The Bertz CT molecular complexity index is 369. The van der Waals surface area contributed by atoms with Gasteiger partial charge in [-0.25, -0.2) is 0 Å². The second-order valence-electron chi connectivity index (χ2n) is 5.30. The molecule has 1 aromatic heterocycles. The van der Waals surface area contributed by atoms with Gasteiger partial charge in [0, 0.05) is 17.3 Å². The lowest BCUT2D eigenvalue weighted by molar-refractivity contribution is -0.122. The van der Waals surface area contributed by atoms with Crippen molar-refractivity contribution in [1.29, 1.82) is 0 Å². The first-order valence-electron chi connectivity index (χ1n) is 6.73. The first-order valence-corrected chi connectivity index (χ1v) is 7.61. The average Bonchev–Trinajstić information content (AvgIpc) is 2.97. The zero-order chi connectivity index (χ0) is 13.0. The van der Waals surface area contributed by atoms with E-state index in [4.69, 9.17) is 0 Å². The van der Waals surface area contributed by atoms with Gasteiger partial charge in [0.25, 0.3) is 0 Å². The van der Waals surface area contributed by atoms with Gasteiger partial charge in [-0.05, 0) is 36.8 Å². The minimum Gasteiger partial charge on any atom is -0.348 e. The summed E-state index contributed by atoms with van der Waals surface area (Å²) in [6.45, 7) is 5.35. The topological polar surface area (TPSA) is 41.1 Å². The molecule has 0 saturated carbocycles. The standard InChI is InChI=1S/C14H22N2OS/c1-10(2)14(12-6-4-8-18-12)16-13(17)9-11-5-3-7-15-11/h4,6,8,10-11,14-15H,3,5,7,9H2,1-2H3,(H,16,17). The smallest absolute Gasteiger partial charge is 0.222 e. The molecule has 0 aliphatic carbocycles. The van der Waals surface area contributed by atoms with Crippen molar-refractivity contribution in [2.24, 2.45) is 5.92 Å². The van der Waals surface area contributed by atoms with Gasteiger partial charge >= 0.3 is 0 Å². The number of hydrogen-bond donors (Lipinski definition) is 2. The van der Waals surface area contributed by atoms with E-state index in [-0.39, 0.29) is 11.9 Å². The van der Waals surface area contributed by atoms with Gasteiger partial charge in [0.2, 0.25) is 5.91 Å². The van der Waals surface area contributed by atoms with Crippen molar-refractivity contribution in [3.63, 3.8) is 0 Å². The van der Waals surface area contributed by atoms with E-state index in [9.17, 15) is 4.79 Å². The minimum absolute atomic E-state index is 0.152. The van der Waals surface area contributed by atoms with Crippen LogP contribution >= 0.6 is 11.3 Å². The number of nitrogens with one attached hydrogen (secondary N) is 2. The third-order valence-corrected chi connectivity index (χ3v) is 4.38. The van der Waals surface area contributed by atoms with Gasteiger partial charge in [-0.3, -0.25) is 4.79 Å². The average molecular weight is 266 g/mol. The maximum Gasteiger partial charge on any atom is 0.222 e. The Morgan fingerprint density at radius 3 is 3.00 bits per heavy atom. The molecule has 4 heteroatoms. The molecule has 2 atom stereocenters. The van der Waals surface area contributed by atoms with Crippen LogP contribution in [0.1, 0.15) is 44.0 Å². The predicted octanol–water partition coefficient (Wildman–Crippen LogP) is 2.70. The summed E-state index contributed by atoms with van der Waals surface area (Å²) in [6.07, 6.45) is 2.92. The summed E-state index contributed by atoms with van der Waals surface area (Å²) in [7, 11) is 0. The minimum atomic E-state index is 0.152. The van der Waals surface area contributed by atoms with Crippen LogP contribution in [0.25, 0.3) is 0 Å². The Morgan fingerprint density at radius 2 is 2.44 bits per heavy atom. The van der Waals surface area contributed by atoms with Crippen LogP contribution in [0, 0.1) is 5.92 Å². The van der Waals surface area contributed by atoms with Crippen molar-refractivity contribution < 1.29 is 4.79 Å². The number of amides is 1. The van der Waals surface area contributed by atoms with Crippen molar-refractivity contribution in [3.8, 4) is 0 Å². The van der Waals surface area contributed by atoms with Gasteiger partial charge in [0.15, 0.2) is 0 Å². The molecule has 1 aromatic rings. The van der Waals surface area contributed by atoms with Crippen LogP contribution in [0.4, 0.5) is 0 Å². The van der Waals surface area contributed by atoms with E-state index in [0.717, 1.165) is 13.0 Å². The zero-order valence-electron chi connectivity index (χ0n) is 11.1. The molecule has 1 aliphatic rings. The van der Waals surface area contributed by atoms with Crippen molar-refractivity contribution in [1.82, 2.24) is 10.6 Å². The lowest BCUT2D eigenvalue weighted by atomic mass is 10.0. The summed E-state index contributed by atoms with van der Waals surface area (Å²) in [4.78, 5) is 13.3. The van der Waals surface area contributed by atoms with Crippen LogP contribution in [0.5, 0.6) is 0 Å². The van der Waals surface area contributed by atoms with Gasteiger partial charge in [-0.2, -0.15) is 0 Å². The summed E-state index contributed by atoms with van der Waals surface area (Å²) in [5.41, 5.74) is 0. The fourth-order valence-corrected chi connectivity index (χ4v) is 3.37. The number of thiophene rings is 1. The van der Waals surface area contributed by atoms with Crippen LogP contribution in [0.15, 0.2) is 17.5 Å². The van der Waals surface area contributed by atoms with Crippen LogP contribution in [0.3, 0.4) is 0 Å². The third kappa shape index (κ3) is 3.56. The van der Waals surface area contributed by atoms with Crippen molar-refractivity contribution in [2.45, 2.75) is 45.2 Å². The third-order valence-electron chi connectivity index (χ3n) is 3.43. The van der Waals surface area contributed by atoms with Gasteiger partial charge in [0.05, 0.1) is 6.04 Å². The molecular weight excluding hydrogens is 244 g/mol. The maximum atomic E-state index is 12.1. The lowest BCUT2D eigenvalue weighted by Gasteiger charge is -2.22. The fourth-order valence-electron chi connectivity index (χ4n) is 2.42. The Morgan fingerprint density at radius 1 is 1.61 bits per heavy atom. The SMILES string of the molecule is CC(C)C(NC(=O)CC1CCCN1)c1cccs1. The maximum absolute atomic E-state index is 12.1. The molecule has 18 heavy (non-hydrogen) atoms. The summed E-state index contributed by atoms with van der Waals surface area (Å²) in [6, 6.07) is 4.67. The highest BCUT2D eigenvalue weighted by molar-refractivity contribution is 7.10. The summed E-state index contributed by atoms with van der Waals surface area (Å²) in [5.74, 6) is 0.589. The number of carbonyl (C=O) groups excluding carboxylic acids is 1. The molecular formula is C14H22N2OS. The molecule has 100 valence electrons. The Kier molecular flexibility index (Phi) is 4.78. The summed E-state index contributed by atoms with van der Waals surface area (Å²) < 4.78 is 0. The van der Waals surface area contributed by atoms with E-state index in [1.807, 2.05) is 6.07 Å². The van der Waals surface area contributed by atoms with E-state index >= 15 is 0 Å². The number of hydrogen-bond acceptors (Lipinski definition) is 3. The molecule has 2 heterocycles. The van der Waals surface area contributed by atoms with E-state index in [0.29, 0.717) is 18.4 Å². The van der Waals surface area contributed by atoms with Gasteiger partial charge in [-0.1, -0.05) is 19.9 Å². The molecule has 2 rings (SSSR count). The molecule has 2 unspecified atom stereocenters. The highest BCUT2D eigenvalue weighted by Crippen LogP contribution is 2.26. The predicted molar refractivity (Wildman–Crippen MR) is 75.7 cm³/mol. The van der Waals surface area contributed by atoms with E-state index in [1.54, 1.807) is 11.3 Å². The second kappa shape index (κ2) is 6.34. The molecule has 1 aliphatic heterocycles. The molecule has 1 amide bonds. The molecule has 0 radical (unpaired) electrons. The van der Waals surface area contributed by atoms with E-state index in [1.165, 1.54) is 11.3 Å². The van der Waals surface area contributed by atoms with Gasteiger partial charge in [-0.15, -0.1) is 11.3 Å². The quantitative estimate of drug-likeness (QED) is 0.860. The Hall–Kier alpha value is -0.870. The fraction of sp³-hybridized carbons (Fsp3) is 0.643. The molecule has 3 nitrogen and oxygen atoms in total. The second-order valence-corrected chi connectivity index (χ2v) is 6.28. The zero-order valence-corrected chi connectivity index (χ0v) is 11.9. The molecule has 1 saturated heterocycles. The Labute approximate surface area is 113 Å². The van der Waals surface area contributed by atoms with Crippen molar-refractivity contribution in [2.75, 3.05) is 6.54 Å². The van der Waals surface area contributed by atoms with Crippen molar-refractivity contribution >= 4 is 17.2 Å². The summed E-state index contributed by atoms with van der Waals surface area (Å²) in [5, 5.41) is 8.61. The van der Waals surface area contributed by atoms with Crippen LogP contribution in [0.2, 0.25) is 0 Å². The molecule has 0 aromatic carbocycles. The Balaban J connectivity index is 1.90. The van der Waals surface area contributed by atoms with Crippen molar-refractivity contribution in [3.05, 3.63) is 22.4 Å². The molecule has 2 N–H and O–H groups in total. The summed E-state index contributed by atoms with van der Waals surface area (Å²) >= 11 is 1.71. The molecule has 1 fully saturated rings. The van der Waals surface area contributed by atoms with Crippen LogP contribution in [-0.4, -0.2) is 18.5 Å². The number of rotatable bonds is 5. The molecule has 0 bridgehead atoms. The number of carbonyl (C=O) groups is 1. The van der Waals surface area contributed by atoms with Gasteiger partial charge in [0.1, 0.15) is 0 Å². The van der Waals surface area contributed by atoms with E-state index in [2.05, 4.69) is 35.9 Å². The van der Waals surface area contributed by atoms with Crippen LogP contribution in [-0.2, 0) is 4.79 Å². The normalized spacial score (nSPS) is 21.2. The lowest BCUT2D eigenvalue weighted by Crippen LogP contribution is -2.35. The molecule has 0 spiro atoms. The van der Waals surface area contributed by atoms with Gasteiger partial charge < -0.3 is 10.6 Å².